The van der Waals surface area contributed by atoms with Crippen molar-refractivity contribution in [1.29, 1.82) is 0 Å². The fourth-order valence-corrected chi connectivity index (χ4v) is 3.49. The minimum absolute atomic E-state index is 0.0629. The first kappa shape index (κ1) is 17.1. The number of hydrogen-bond acceptors (Lipinski definition) is 4. The van der Waals surface area contributed by atoms with Gasteiger partial charge in [-0.2, -0.15) is 0 Å². The molecule has 1 unspecified atom stereocenters. The van der Waals surface area contributed by atoms with Gasteiger partial charge in [-0.05, 0) is 31.5 Å². The van der Waals surface area contributed by atoms with Crippen LogP contribution in [0.15, 0.2) is 53.7 Å². The van der Waals surface area contributed by atoms with Crippen LogP contribution in [0, 0.1) is 22.9 Å². The Morgan fingerprint density at radius 3 is 2.70 bits per heavy atom. The van der Waals surface area contributed by atoms with Crippen LogP contribution in [0.2, 0.25) is 0 Å². The number of halogens is 1. The smallest absolute Gasteiger partial charge is 0.270 e. The maximum Gasteiger partial charge on any atom is 0.270 e. The lowest BCUT2D eigenvalue weighted by molar-refractivity contribution is -0.384. The number of aliphatic imine (C=N–C) groups is 1. The predicted octanol–water partition coefficient (Wildman–Crippen LogP) is 4.53. The number of aromatic nitrogens is 2. The summed E-state index contributed by atoms with van der Waals surface area (Å²) in [6.07, 6.45) is 2.46. The predicted molar refractivity (Wildman–Crippen MR) is 100 cm³/mol. The summed E-state index contributed by atoms with van der Waals surface area (Å²) in [6, 6.07) is 10.7. The van der Waals surface area contributed by atoms with Crippen molar-refractivity contribution in [2.45, 2.75) is 26.3 Å². The van der Waals surface area contributed by atoms with Crippen LogP contribution in [0.3, 0.4) is 0 Å². The second-order valence-electron chi connectivity index (χ2n) is 6.41. The number of aryl methyl sites for hydroxylation is 1. The van der Waals surface area contributed by atoms with Crippen LogP contribution in [0.5, 0.6) is 0 Å². The van der Waals surface area contributed by atoms with Gasteiger partial charge in [0.25, 0.3) is 5.69 Å². The first-order valence-corrected chi connectivity index (χ1v) is 8.67. The molecule has 0 aliphatic carbocycles. The SMILES string of the molecule is CCC1N=C(c2ccccc2F)c2cc([N+](=O)[O-])ccc2-n2c1cnc2C. The van der Waals surface area contributed by atoms with Crippen LogP contribution in [-0.2, 0) is 0 Å². The van der Waals surface area contributed by atoms with E-state index in [9.17, 15) is 14.5 Å². The molecule has 0 amide bonds. The lowest BCUT2D eigenvalue weighted by atomic mass is 9.99. The molecule has 0 saturated carbocycles. The highest BCUT2D eigenvalue weighted by atomic mass is 19.1. The Labute approximate surface area is 155 Å². The van der Waals surface area contributed by atoms with Gasteiger partial charge in [0.1, 0.15) is 11.6 Å². The van der Waals surface area contributed by atoms with Gasteiger partial charge in [0.15, 0.2) is 0 Å². The molecule has 1 aliphatic heterocycles. The maximum atomic E-state index is 14.6. The van der Waals surface area contributed by atoms with E-state index in [2.05, 4.69) is 4.98 Å². The number of nitro benzene ring substituents is 1. The third-order valence-corrected chi connectivity index (χ3v) is 4.79. The van der Waals surface area contributed by atoms with E-state index >= 15 is 0 Å². The number of non-ortho nitro benzene ring substituents is 1. The summed E-state index contributed by atoms with van der Waals surface area (Å²) in [6.45, 7) is 3.87. The van der Waals surface area contributed by atoms with Gasteiger partial charge in [0.2, 0.25) is 0 Å². The van der Waals surface area contributed by atoms with Crippen molar-refractivity contribution in [3.63, 3.8) is 0 Å². The van der Waals surface area contributed by atoms with E-state index in [1.807, 2.05) is 18.4 Å². The molecule has 3 aromatic rings. The largest absolute Gasteiger partial charge is 0.298 e. The van der Waals surface area contributed by atoms with Crippen molar-refractivity contribution in [1.82, 2.24) is 9.55 Å². The second-order valence-corrected chi connectivity index (χ2v) is 6.41. The molecule has 1 atom stereocenters. The molecule has 0 radical (unpaired) electrons. The van der Waals surface area contributed by atoms with Crippen LogP contribution >= 0.6 is 0 Å². The number of nitro groups is 1. The summed E-state index contributed by atoms with van der Waals surface area (Å²) in [5.74, 6) is 0.341. The molecule has 2 heterocycles. The average molecular weight is 364 g/mol. The average Bonchev–Trinajstić information content (AvgIpc) is 2.97. The Morgan fingerprint density at radius 2 is 2.00 bits per heavy atom. The molecule has 136 valence electrons. The molecule has 27 heavy (non-hydrogen) atoms. The fourth-order valence-electron chi connectivity index (χ4n) is 3.49. The Balaban J connectivity index is 2.08. The van der Waals surface area contributed by atoms with Crippen LogP contribution in [0.1, 0.15) is 42.0 Å². The first-order valence-electron chi connectivity index (χ1n) is 8.67. The third kappa shape index (κ3) is 2.71. The molecule has 0 N–H and O–H groups in total. The molecule has 0 fully saturated rings. The third-order valence-electron chi connectivity index (χ3n) is 4.79. The molecule has 0 saturated heterocycles. The van der Waals surface area contributed by atoms with E-state index in [1.165, 1.54) is 18.2 Å². The van der Waals surface area contributed by atoms with Gasteiger partial charge in [0, 0.05) is 23.3 Å². The highest BCUT2D eigenvalue weighted by Gasteiger charge is 2.28. The van der Waals surface area contributed by atoms with E-state index in [1.54, 1.807) is 30.5 Å². The van der Waals surface area contributed by atoms with Crippen molar-refractivity contribution in [3.8, 4) is 5.69 Å². The Kier molecular flexibility index (Phi) is 4.07. The highest BCUT2D eigenvalue weighted by molar-refractivity contribution is 6.15. The summed E-state index contributed by atoms with van der Waals surface area (Å²) < 4.78 is 16.5. The summed E-state index contributed by atoms with van der Waals surface area (Å²) in [5.41, 5.74) is 2.80. The molecular weight excluding hydrogens is 347 g/mol. The zero-order chi connectivity index (χ0) is 19.1. The van der Waals surface area contributed by atoms with Crippen LogP contribution in [0.25, 0.3) is 5.69 Å². The van der Waals surface area contributed by atoms with Crippen LogP contribution in [0.4, 0.5) is 10.1 Å². The molecule has 0 bridgehead atoms. The van der Waals surface area contributed by atoms with Crippen LogP contribution in [-0.4, -0.2) is 20.2 Å². The first-order chi connectivity index (χ1) is 13.0. The number of rotatable bonds is 3. The topological polar surface area (TPSA) is 73.3 Å². The minimum Gasteiger partial charge on any atom is -0.298 e. The van der Waals surface area contributed by atoms with Crippen molar-refractivity contribution in [2.24, 2.45) is 4.99 Å². The number of imidazole rings is 1. The minimum atomic E-state index is -0.455. The van der Waals surface area contributed by atoms with Crippen molar-refractivity contribution >= 4 is 11.4 Å². The van der Waals surface area contributed by atoms with Gasteiger partial charge in [-0.1, -0.05) is 19.1 Å². The molecule has 6 nitrogen and oxygen atoms in total. The Hall–Kier alpha value is -3.35. The van der Waals surface area contributed by atoms with Crippen LogP contribution < -0.4 is 0 Å². The summed E-state index contributed by atoms with van der Waals surface area (Å²) in [5, 5.41) is 11.3. The van der Waals surface area contributed by atoms with E-state index < -0.39 is 10.7 Å². The number of nitrogens with zero attached hydrogens (tertiary/aromatic N) is 4. The van der Waals surface area contributed by atoms with Gasteiger partial charge in [-0.3, -0.25) is 19.7 Å². The van der Waals surface area contributed by atoms with Gasteiger partial charge >= 0.3 is 0 Å². The van der Waals surface area contributed by atoms with E-state index in [-0.39, 0.29) is 11.7 Å². The van der Waals surface area contributed by atoms with Gasteiger partial charge in [-0.15, -0.1) is 0 Å². The molecule has 7 heteroatoms. The zero-order valence-electron chi connectivity index (χ0n) is 14.9. The lowest BCUT2D eigenvalue weighted by Crippen LogP contribution is -2.10. The molecule has 1 aromatic heterocycles. The monoisotopic (exact) mass is 364 g/mol. The number of benzene rings is 2. The maximum absolute atomic E-state index is 14.6. The molecule has 1 aliphatic rings. The highest BCUT2D eigenvalue weighted by Crippen LogP contribution is 2.35. The Bertz CT molecular complexity index is 1090. The quantitative estimate of drug-likeness (QED) is 0.506. The molecular formula is C20H17FN4O2. The standard InChI is InChI=1S/C20H17FN4O2/c1-3-17-19-11-22-12(2)24(19)18-9-8-13(25(26)27)10-15(18)20(23-17)14-6-4-5-7-16(14)21/h4-11,17H,3H2,1-2H3. The van der Waals surface area contributed by atoms with Gasteiger partial charge in [-0.25, -0.2) is 9.37 Å². The molecule has 0 spiro atoms. The van der Waals surface area contributed by atoms with Crippen molar-refractivity contribution < 1.29 is 9.31 Å². The molecule has 2 aromatic carbocycles. The summed E-state index contributed by atoms with van der Waals surface area (Å²) >= 11 is 0. The zero-order valence-corrected chi connectivity index (χ0v) is 14.9. The lowest BCUT2D eigenvalue weighted by Gasteiger charge is -2.13. The normalized spacial score (nSPS) is 15.5. The van der Waals surface area contributed by atoms with Gasteiger partial charge < -0.3 is 0 Å². The summed E-state index contributed by atoms with van der Waals surface area (Å²) in [4.78, 5) is 20.1. The second kappa shape index (κ2) is 6.42. The van der Waals surface area contributed by atoms with Crippen molar-refractivity contribution in [3.05, 3.63) is 87.2 Å². The number of hydrogen-bond donors (Lipinski definition) is 0. The van der Waals surface area contributed by atoms with Crippen molar-refractivity contribution in [2.75, 3.05) is 0 Å². The molecule has 4 rings (SSSR count). The number of fused-ring (bicyclic) bond motifs is 3. The van der Waals surface area contributed by atoms with E-state index in [0.717, 1.165) is 11.5 Å². The fraction of sp³-hybridized carbons (Fsp3) is 0.200. The summed E-state index contributed by atoms with van der Waals surface area (Å²) in [7, 11) is 0. The van der Waals surface area contributed by atoms with Gasteiger partial charge in [0.05, 0.1) is 34.3 Å². The Morgan fingerprint density at radius 1 is 1.22 bits per heavy atom. The van der Waals surface area contributed by atoms with E-state index in [4.69, 9.17) is 4.99 Å². The van der Waals surface area contributed by atoms with E-state index in [0.29, 0.717) is 28.9 Å².